The van der Waals surface area contributed by atoms with Crippen molar-refractivity contribution in [2.75, 3.05) is 6.54 Å². The van der Waals surface area contributed by atoms with E-state index in [1.54, 1.807) is 0 Å². The highest BCUT2D eigenvalue weighted by Gasteiger charge is 2.46. The van der Waals surface area contributed by atoms with Gasteiger partial charge in [0, 0.05) is 38.4 Å². The van der Waals surface area contributed by atoms with E-state index in [2.05, 4.69) is 21.9 Å². The lowest BCUT2D eigenvalue weighted by Crippen LogP contribution is -2.54. The molecule has 1 unspecified atom stereocenters. The molecule has 2 fully saturated rings. The first-order valence-corrected chi connectivity index (χ1v) is 7.50. The molecule has 1 atom stereocenters. The summed E-state index contributed by atoms with van der Waals surface area (Å²) < 4.78 is 2.12. The normalized spacial score (nSPS) is 26.2. The number of imidazole rings is 1. The number of aryl methyl sites for hydroxylation is 1. The van der Waals surface area contributed by atoms with E-state index in [1.165, 1.54) is 50.8 Å². The summed E-state index contributed by atoms with van der Waals surface area (Å²) in [7, 11) is 2.08. The van der Waals surface area contributed by atoms with Crippen LogP contribution < -0.4 is 5.32 Å². The fourth-order valence-corrected chi connectivity index (χ4v) is 3.87. The van der Waals surface area contributed by atoms with Gasteiger partial charge < -0.3 is 9.88 Å². The highest BCUT2D eigenvalue weighted by molar-refractivity contribution is 5.02. The minimum atomic E-state index is 0.680. The van der Waals surface area contributed by atoms with Gasteiger partial charge in [0.25, 0.3) is 0 Å². The first-order chi connectivity index (χ1) is 8.80. The van der Waals surface area contributed by atoms with Crippen molar-refractivity contribution < 1.29 is 0 Å². The molecule has 1 heterocycles. The summed E-state index contributed by atoms with van der Waals surface area (Å²) in [5.41, 5.74) is 0.680. The lowest BCUT2D eigenvalue weighted by atomic mass is 9.57. The fraction of sp³-hybridized carbons (Fsp3) is 0.800. The van der Waals surface area contributed by atoms with E-state index in [9.17, 15) is 0 Å². The van der Waals surface area contributed by atoms with Crippen molar-refractivity contribution >= 4 is 0 Å². The maximum absolute atomic E-state index is 4.38. The van der Waals surface area contributed by atoms with Crippen LogP contribution in [0.25, 0.3) is 0 Å². The third-order valence-corrected chi connectivity index (χ3v) is 5.18. The van der Waals surface area contributed by atoms with Crippen molar-refractivity contribution in [2.45, 2.75) is 57.4 Å². The zero-order valence-corrected chi connectivity index (χ0v) is 11.5. The molecule has 1 aromatic rings. The van der Waals surface area contributed by atoms with E-state index in [1.807, 2.05) is 12.4 Å². The molecular formula is C15H25N3. The van der Waals surface area contributed by atoms with Crippen molar-refractivity contribution in [2.24, 2.45) is 12.5 Å². The number of rotatable bonds is 4. The Balaban J connectivity index is 1.47. The van der Waals surface area contributed by atoms with Crippen LogP contribution >= 0.6 is 0 Å². The largest absolute Gasteiger partial charge is 0.338 e. The van der Waals surface area contributed by atoms with Gasteiger partial charge in [0.2, 0.25) is 0 Å². The molecule has 1 aromatic heterocycles. The van der Waals surface area contributed by atoms with E-state index in [4.69, 9.17) is 0 Å². The predicted octanol–water partition coefficient (Wildman–Crippen LogP) is 2.67. The third-order valence-electron chi connectivity index (χ3n) is 5.18. The van der Waals surface area contributed by atoms with Crippen LogP contribution in [0.15, 0.2) is 12.4 Å². The zero-order valence-electron chi connectivity index (χ0n) is 11.5. The third kappa shape index (κ3) is 2.20. The van der Waals surface area contributed by atoms with Crippen LogP contribution in [0.5, 0.6) is 0 Å². The molecule has 0 saturated heterocycles. The summed E-state index contributed by atoms with van der Waals surface area (Å²) in [6, 6.07) is 0.790. The molecule has 0 aliphatic heterocycles. The van der Waals surface area contributed by atoms with Gasteiger partial charge in [0.05, 0.1) is 0 Å². The molecule has 3 heteroatoms. The van der Waals surface area contributed by atoms with Crippen molar-refractivity contribution in [3.05, 3.63) is 18.2 Å². The lowest BCUT2D eigenvalue weighted by molar-refractivity contribution is 0.0235. The molecule has 2 aliphatic rings. The van der Waals surface area contributed by atoms with Gasteiger partial charge in [-0.3, -0.25) is 0 Å². The van der Waals surface area contributed by atoms with Gasteiger partial charge in [-0.05, 0) is 31.1 Å². The molecule has 0 bridgehead atoms. The number of nitrogens with zero attached hydrogens (tertiary/aromatic N) is 2. The van der Waals surface area contributed by atoms with Crippen LogP contribution in [0.1, 0.15) is 50.8 Å². The van der Waals surface area contributed by atoms with E-state index in [0.29, 0.717) is 5.41 Å². The average Bonchev–Trinajstić information content (AvgIpc) is 2.80. The highest BCUT2D eigenvalue weighted by Crippen LogP contribution is 2.51. The highest BCUT2D eigenvalue weighted by atomic mass is 15.0. The lowest BCUT2D eigenvalue weighted by Gasteiger charge is -2.52. The maximum Gasteiger partial charge on any atom is 0.109 e. The Kier molecular flexibility index (Phi) is 3.42. The van der Waals surface area contributed by atoms with Crippen molar-refractivity contribution in [3.63, 3.8) is 0 Å². The Morgan fingerprint density at radius 2 is 2.17 bits per heavy atom. The van der Waals surface area contributed by atoms with Gasteiger partial charge in [-0.25, -0.2) is 4.98 Å². The first kappa shape index (κ1) is 12.2. The molecule has 2 aliphatic carbocycles. The smallest absolute Gasteiger partial charge is 0.109 e. The second kappa shape index (κ2) is 5.04. The second-order valence-corrected chi connectivity index (χ2v) is 6.17. The first-order valence-electron chi connectivity index (χ1n) is 7.50. The van der Waals surface area contributed by atoms with Gasteiger partial charge in [0.15, 0.2) is 0 Å². The summed E-state index contributed by atoms with van der Waals surface area (Å²) in [5, 5.41) is 3.79. The Labute approximate surface area is 110 Å². The number of hydrogen-bond donors (Lipinski definition) is 1. The quantitative estimate of drug-likeness (QED) is 0.886. The molecule has 3 nitrogen and oxygen atoms in total. The summed E-state index contributed by atoms with van der Waals surface area (Å²) in [6.07, 6.45) is 15.1. The molecule has 0 aromatic carbocycles. The Morgan fingerprint density at radius 3 is 2.78 bits per heavy atom. The van der Waals surface area contributed by atoms with Crippen molar-refractivity contribution in [1.29, 1.82) is 0 Å². The van der Waals surface area contributed by atoms with Gasteiger partial charge >= 0.3 is 0 Å². The maximum atomic E-state index is 4.38. The molecule has 3 rings (SSSR count). The van der Waals surface area contributed by atoms with E-state index < -0.39 is 0 Å². The van der Waals surface area contributed by atoms with Crippen LogP contribution in [-0.4, -0.2) is 22.1 Å². The van der Waals surface area contributed by atoms with E-state index in [-0.39, 0.29) is 0 Å². The topological polar surface area (TPSA) is 29.9 Å². The Bertz CT molecular complexity index is 390. The van der Waals surface area contributed by atoms with Crippen LogP contribution in [-0.2, 0) is 13.5 Å². The molecule has 0 amide bonds. The molecular weight excluding hydrogens is 222 g/mol. The Morgan fingerprint density at radius 1 is 1.33 bits per heavy atom. The molecule has 100 valence electrons. The average molecular weight is 247 g/mol. The minimum absolute atomic E-state index is 0.680. The van der Waals surface area contributed by atoms with Crippen LogP contribution in [0.3, 0.4) is 0 Å². The van der Waals surface area contributed by atoms with Gasteiger partial charge in [-0.2, -0.15) is 0 Å². The van der Waals surface area contributed by atoms with Crippen molar-refractivity contribution in [1.82, 2.24) is 14.9 Å². The van der Waals surface area contributed by atoms with E-state index in [0.717, 1.165) is 19.0 Å². The van der Waals surface area contributed by atoms with Crippen LogP contribution in [0, 0.1) is 5.41 Å². The van der Waals surface area contributed by atoms with Crippen molar-refractivity contribution in [3.8, 4) is 0 Å². The molecule has 0 radical (unpaired) electrons. The molecule has 2 saturated carbocycles. The summed E-state index contributed by atoms with van der Waals surface area (Å²) in [4.78, 5) is 4.38. The molecule has 1 spiro atoms. The fourth-order valence-electron chi connectivity index (χ4n) is 3.87. The summed E-state index contributed by atoms with van der Waals surface area (Å²) in [6.45, 7) is 1.08. The number of hydrogen-bond acceptors (Lipinski definition) is 2. The van der Waals surface area contributed by atoms with E-state index >= 15 is 0 Å². The number of nitrogens with one attached hydrogen (secondary N) is 1. The Hall–Kier alpha value is -0.830. The molecule has 18 heavy (non-hydrogen) atoms. The molecule has 1 N–H and O–H groups in total. The van der Waals surface area contributed by atoms with Gasteiger partial charge in [-0.15, -0.1) is 0 Å². The number of aromatic nitrogens is 2. The second-order valence-electron chi connectivity index (χ2n) is 6.17. The van der Waals surface area contributed by atoms with Crippen LogP contribution in [0.2, 0.25) is 0 Å². The predicted molar refractivity (Wildman–Crippen MR) is 73.5 cm³/mol. The SMILES string of the molecule is Cn1ccnc1CCNC1CCC12CCCCC2. The summed E-state index contributed by atoms with van der Waals surface area (Å²) >= 11 is 0. The standard InChI is InChI=1S/C15H25N3/c1-18-12-11-17-14(18)6-10-16-13-5-9-15(13)7-3-2-4-8-15/h11-13,16H,2-10H2,1H3. The minimum Gasteiger partial charge on any atom is -0.338 e. The summed E-state index contributed by atoms with van der Waals surface area (Å²) in [5.74, 6) is 1.19. The van der Waals surface area contributed by atoms with Gasteiger partial charge in [0.1, 0.15) is 5.82 Å². The zero-order chi connectivity index (χ0) is 12.4. The van der Waals surface area contributed by atoms with Crippen LogP contribution in [0.4, 0.5) is 0 Å². The monoisotopic (exact) mass is 247 g/mol. The van der Waals surface area contributed by atoms with Gasteiger partial charge in [-0.1, -0.05) is 19.3 Å².